The number of esters is 1. The highest BCUT2D eigenvalue weighted by Crippen LogP contribution is 2.31. The number of hydrogen-bond donors (Lipinski definition) is 1. The molecule has 1 aliphatic heterocycles. The highest BCUT2D eigenvalue weighted by atomic mass is 16.5. The summed E-state index contributed by atoms with van der Waals surface area (Å²) in [6.07, 6.45) is 0.673. The van der Waals surface area contributed by atoms with Gasteiger partial charge >= 0.3 is 5.97 Å². The van der Waals surface area contributed by atoms with E-state index >= 15 is 0 Å². The molecule has 0 unspecified atom stereocenters. The van der Waals surface area contributed by atoms with E-state index in [-0.39, 0.29) is 11.8 Å². The van der Waals surface area contributed by atoms with Gasteiger partial charge in [-0.2, -0.15) is 0 Å². The summed E-state index contributed by atoms with van der Waals surface area (Å²) in [5.74, 6) is -0.648. The van der Waals surface area contributed by atoms with Crippen molar-refractivity contribution in [3.8, 4) is 0 Å². The Hall–Kier alpha value is -3.15. The van der Waals surface area contributed by atoms with E-state index in [1.807, 2.05) is 20.8 Å². The van der Waals surface area contributed by atoms with Crippen molar-refractivity contribution < 1.29 is 19.1 Å². The molecule has 1 N–H and O–H groups in total. The number of ether oxygens (including phenoxy) is 1. The van der Waals surface area contributed by atoms with Crippen LogP contribution in [0.3, 0.4) is 0 Å². The van der Waals surface area contributed by atoms with Crippen LogP contribution in [0.4, 0.5) is 11.4 Å². The van der Waals surface area contributed by atoms with Crippen molar-refractivity contribution in [1.29, 1.82) is 0 Å². The zero-order valence-electron chi connectivity index (χ0n) is 16.5. The summed E-state index contributed by atoms with van der Waals surface area (Å²) in [7, 11) is 1.34. The third-order valence-electron chi connectivity index (χ3n) is 4.69. The van der Waals surface area contributed by atoms with Crippen molar-refractivity contribution in [2.45, 2.75) is 27.2 Å². The number of nitrogens with zero attached hydrogens (tertiary/aromatic N) is 1. The number of carbonyl (C=O) groups is 3. The molecule has 0 bridgehead atoms. The van der Waals surface area contributed by atoms with Crippen LogP contribution in [-0.2, 0) is 16.0 Å². The fourth-order valence-corrected chi connectivity index (χ4v) is 3.06. The molecule has 2 aromatic rings. The number of nitrogens with one attached hydrogen (secondary N) is 1. The van der Waals surface area contributed by atoms with Crippen LogP contribution in [0, 0.1) is 5.41 Å². The summed E-state index contributed by atoms with van der Waals surface area (Å²) in [5.41, 5.74) is 2.77. The molecular formula is C22H24N2O4. The Kier molecular flexibility index (Phi) is 5.23. The molecule has 0 saturated heterocycles. The summed E-state index contributed by atoms with van der Waals surface area (Å²) in [6.45, 7) is 6.04. The lowest BCUT2D eigenvalue weighted by Gasteiger charge is -2.20. The van der Waals surface area contributed by atoms with Crippen molar-refractivity contribution in [1.82, 2.24) is 0 Å². The first kappa shape index (κ1) is 19.6. The quantitative estimate of drug-likeness (QED) is 0.825. The summed E-state index contributed by atoms with van der Waals surface area (Å²) in [4.78, 5) is 38.6. The Morgan fingerprint density at radius 2 is 1.79 bits per heavy atom. The number of anilines is 2. The molecule has 1 aliphatic rings. The van der Waals surface area contributed by atoms with Crippen molar-refractivity contribution in [3.63, 3.8) is 0 Å². The summed E-state index contributed by atoms with van der Waals surface area (Å²) in [5, 5.41) is 2.85. The summed E-state index contributed by atoms with van der Waals surface area (Å²) in [6, 6.07) is 12.1. The van der Waals surface area contributed by atoms with Crippen molar-refractivity contribution >= 4 is 29.2 Å². The molecule has 0 spiro atoms. The van der Waals surface area contributed by atoms with Crippen LogP contribution in [-0.4, -0.2) is 31.4 Å². The van der Waals surface area contributed by atoms with E-state index in [1.54, 1.807) is 47.4 Å². The average molecular weight is 380 g/mol. The normalized spacial score (nSPS) is 13.1. The molecule has 28 heavy (non-hydrogen) atoms. The molecule has 2 aromatic carbocycles. The van der Waals surface area contributed by atoms with E-state index in [9.17, 15) is 14.4 Å². The van der Waals surface area contributed by atoms with Crippen molar-refractivity contribution in [2.24, 2.45) is 5.41 Å². The van der Waals surface area contributed by atoms with E-state index in [2.05, 4.69) is 5.32 Å². The third-order valence-corrected chi connectivity index (χ3v) is 4.69. The maximum absolute atomic E-state index is 13.0. The number of carbonyl (C=O) groups excluding carboxylic acids is 3. The van der Waals surface area contributed by atoms with Crippen LogP contribution in [0.1, 0.15) is 47.1 Å². The number of benzene rings is 2. The Labute approximate surface area is 164 Å². The smallest absolute Gasteiger partial charge is 0.337 e. The molecule has 0 radical (unpaired) electrons. The minimum absolute atomic E-state index is 0.112. The minimum Gasteiger partial charge on any atom is -0.465 e. The predicted molar refractivity (Wildman–Crippen MR) is 108 cm³/mol. The van der Waals surface area contributed by atoms with E-state index < -0.39 is 11.4 Å². The highest BCUT2D eigenvalue weighted by molar-refractivity contribution is 6.08. The van der Waals surface area contributed by atoms with Gasteiger partial charge in [-0.15, -0.1) is 0 Å². The second-order valence-corrected chi connectivity index (χ2v) is 7.83. The fraction of sp³-hybridized carbons (Fsp3) is 0.318. The average Bonchev–Trinajstić information content (AvgIpc) is 3.09. The van der Waals surface area contributed by atoms with E-state index in [1.165, 1.54) is 7.11 Å². The molecule has 3 rings (SSSR count). The van der Waals surface area contributed by atoms with E-state index in [0.717, 1.165) is 11.3 Å². The van der Waals surface area contributed by atoms with Gasteiger partial charge in [-0.3, -0.25) is 9.59 Å². The molecule has 6 heteroatoms. The standard InChI is InChI=1S/C22H24N2O4/c1-22(2,3)21(27)23-17-7-5-6-15(13-17)19(25)24-11-10-14-12-16(20(26)28-4)8-9-18(14)24/h5-9,12-13H,10-11H2,1-4H3,(H,23,27). The minimum atomic E-state index is -0.523. The molecule has 0 fully saturated rings. The first-order valence-electron chi connectivity index (χ1n) is 9.15. The van der Waals surface area contributed by atoms with E-state index in [0.29, 0.717) is 29.8 Å². The lowest BCUT2D eigenvalue weighted by Crippen LogP contribution is -2.29. The number of fused-ring (bicyclic) bond motifs is 1. The van der Waals surface area contributed by atoms with Gasteiger partial charge in [0.15, 0.2) is 0 Å². The number of hydrogen-bond acceptors (Lipinski definition) is 4. The Balaban J connectivity index is 1.82. The molecule has 0 atom stereocenters. The van der Waals surface area contributed by atoms with Gasteiger partial charge in [0.05, 0.1) is 12.7 Å². The lowest BCUT2D eigenvalue weighted by molar-refractivity contribution is -0.123. The topological polar surface area (TPSA) is 75.7 Å². The maximum atomic E-state index is 13.0. The predicted octanol–water partition coefficient (Wildman–Crippen LogP) is 3.66. The van der Waals surface area contributed by atoms with Gasteiger partial charge in [0.25, 0.3) is 5.91 Å². The van der Waals surface area contributed by atoms with Gasteiger partial charge in [-0.1, -0.05) is 26.8 Å². The SMILES string of the molecule is COC(=O)c1ccc2c(c1)CCN2C(=O)c1cccc(NC(=O)C(C)(C)C)c1. The molecule has 2 amide bonds. The largest absolute Gasteiger partial charge is 0.465 e. The molecule has 0 aliphatic carbocycles. The first-order chi connectivity index (χ1) is 13.2. The van der Waals surface area contributed by atoms with Crippen LogP contribution >= 0.6 is 0 Å². The van der Waals surface area contributed by atoms with Gasteiger partial charge in [0.1, 0.15) is 0 Å². The van der Waals surface area contributed by atoms with Gasteiger partial charge in [-0.05, 0) is 48.4 Å². The lowest BCUT2D eigenvalue weighted by atomic mass is 9.95. The van der Waals surface area contributed by atoms with Crippen LogP contribution in [0.15, 0.2) is 42.5 Å². The number of amides is 2. The van der Waals surface area contributed by atoms with Gasteiger partial charge in [0.2, 0.25) is 5.91 Å². The van der Waals surface area contributed by atoms with Crippen LogP contribution in [0.5, 0.6) is 0 Å². The monoisotopic (exact) mass is 380 g/mol. The Bertz CT molecular complexity index is 944. The summed E-state index contributed by atoms with van der Waals surface area (Å²) >= 11 is 0. The first-order valence-corrected chi connectivity index (χ1v) is 9.15. The third kappa shape index (κ3) is 3.91. The Morgan fingerprint density at radius 1 is 1.04 bits per heavy atom. The van der Waals surface area contributed by atoms with Gasteiger partial charge in [0, 0.05) is 28.9 Å². The van der Waals surface area contributed by atoms with Crippen molar-refractivity contribution in [3.05, 3.63) is 59.2 Å². The number of rotatable bonds is 3. The van der Waals surface area contributed by atoms with Crippen LogP contribution in [0.2, 0.25) is 0 Å². The molecule has 0 aromatic heterocycles. The van der Waals surface area contributed by atoms with Crippen LogP contribution < -0.4 is 10.2 Å². The van der Waals surface area contributed by atoms with Gasteiger partial charge < -0.3 is 15.0 Å². The van der Waals surface area contributed by atoms with E-state index in [4.69, 9.17) is 4.74 Å². The van der Waals surface area contributed by atoms with Crippen molar-refractivity contribution in [2.75, 3.05) is 23.9 Å². The second-order valence-electron chi connectivity index (χ2n) is 7.83. The molecule has 146 valence electrons. The molecule has 1 heterocycles. The highest BCUT2D eigenvalue weighted by Gasteiger charge is 2.27. The molecule has 6 nitrogen and oxygen atoms in total. The fourth-order valence-electron chi connectivity index (χ4n) is 3.06. The second kappa shape index (κ2) is 7.46. The van der Waals surface area contributed by atoms with Gasteiger partial charge in [-0.25, -0.2) is 4.79 Å². The zero-order valence-corrected chi connectivity index (χ0v) is 16.5. The summed E-state index contributed by atoms with van der Waals surface area (Å²) < 4.78 is 4.75. The Morgan fingerprint density at radius 3 is 2.46 bits per heavy atom. The molecule has 0 saturated carbocycles. The van der Waals surface area contributed by atoms with Crippen LogP contribution in [0.25, 0.3) is 0 Å². The zero-order chi connectivity index (χ0) is 20.5. The molecular weight excluding hydrogens is 356 g/mol. The number of methoxy groups -OCH3 is 1. The maximum Gasteiger partial charge on any atom is 0.337 e.